The van der Waals surface area contributed by atoms with E-state index in [0.29, 0.717) is 22.7 Å². The van der Waals surface area contributed by atoms with Crippen LogP contribution in [-0.2, 0) is 16.1 Å². The predicted octanol–water partition coefficient (Wildman–Crippen LogP) is 5.67. The number of carbonyl (C=O) groups is 1. The monoisotopic (exact) mass is 468 g/mol. The third kappa shape index (κ3) is 5.29. The average molecular weight is 469 g/mol. The molecule has 0 atom stereocenters. The lowest BCUT2D eigenvalue weighted by Gasteiger charge is -2.36. The van der Waals surface area contributed by atoms with Crippen LogP contribution in [0.25, 0.3) is 21.3 Å². The van der Waals surface area contributed by atoms with Crippen molar-refractivity contribution in [3.63, 3.8) is 0 Å². The first kappa shape index (κ1) is 23.5. The molecule has 3 aromatic rings. The van der Waals surface area contributed by atoms with Crippen molar-refractivity contribution in [3.05, 3.63) is 46.3 Å². The van der Waals surface area contributed by atoms with E-state index in [2.05, 4.69) is 25.8 Å². The van der Waals surface area contributed by atoms with E-state index in [-0.39, 0.29) is 29.6 Å². The number of ether oxygens (including phenoxy) is 2. The molecule has 1 aromatic carbocycles. The molecule has 0 unspecified atom stereocenters. The summed E-state index contributed by atoms with van der Waals surface area (Å²) in [6, 6.07) is 7.66. The highest BCUT2D eigenvalue weighted by Crippen LogP contribution is 2.38. The van der Waals surface area contributed by atoms with Crippen LogP contribution in [0, 0.1) is 11.3 Å². The highest BCUT2D eigenvalue weighted by Gasteiger charge is 2.31. The molecule has 176 valence electrons. The van der Waals surface area contributed by atoms with Gasteiger partial charge in [0.05, 0.1) is 18.3 Å². The molecule has 0 saturated heterocycles. The number of thiophene rings is 1. The summed E-state index contributed by atoms with van der Waals surface area (Å²) in [4.78, 5) is 30.9. The lowest BCUT2D eigenvalue weighted by molar-refractivity contribution is -0.152. The first-order chi connectivity index (χ1) is 15.8. The van der Waals surface area contributed by atoms with Gasteiger partial charge in [-0.15, -0.1) is 11.3 Å². The molecule has 2 aromatic heterocycles. The van der Waals surface area contributed by atoms with E-state index < -0.39 is 0 Å². The van der Waals surface area contributed by atoms with Gasteiger partial charge in [0.25, 0.3) is 5.56 Å². The predicted molar refractivity (Wildman–Crippen MR) is 132 cm³/mol. The summed E-state index contributed by atoms with van der Waals surface area (Å²) in [5.74, 6) is 1.06. The van der Waals surface area contributed by atoms with E-state index in [1.807, 2.05) is 36.6 Å². The van der Waals surface area contributed by atoms with Crippen molar-refractivity contribution in [1.29, 1.82) is 0 Å². The zero-order valence-electron chi connectivity index (χ0n) is 19.8. The molecular weight excluding hydrogens is 436 g/mol. The Morgan fingerprint density at radius 3 is 2.48 bits per heavy atom. The third-order valence-corrected chi connectivity index (χ3v) is 7.42. The van der Waals surface area contributed by atoms with E-state index in [1.54, 1.807) is 0 Å². The van der Waals surface area contributed by atoms with Gasteiger partial charge in [-0.05, 0) is 61.6 Å². The number of carbonyl (C=O) groups excluding carboxylic acids is 1. The van der Waals surface area contributed by atoms with Gasteiger partial charge in [-0.2, -0.15) is 0 Å². The van der Waals surface area contributed by atoms with Crippen LogP contribution in [0.4, 0.5) is 0 Å². The van der Waals surface area contributed by atoms with Gasteiger partial charge in [0.2, 0.25) is 0 Å². The maximum absolute atomic E-state index is 13.2. The second-order valence-electron chi connectivity index (χ2n) is 9.79. The van der Waals surface area contributed by atoms with E-state index in [4.69, 9.17) is 9.47 Å². The summed E-state index contributed by atoms with van der Waals surface area (Å²) in [6.45, 7) is 9.22. The van der Waals surface area contributed by atoms with E-state index in [0.717, 1.165) is 42.6 Å². The Hall–Kier alpha value is -2.67. The molecule has 2 heterocycles. The molecule has 1 saturated carbocycles. The van der Waals surface area contributed by atoms with Crippen LogP contribution >= 0.6 is 11.3 Å². The van der Waals surface area contributed by atoms with Gasteiger partial charge >= 0.3 is 5.97 Å². The maximum Gasteiger partial charge on any atom is 0.326 e. The second-order valence-corrected chi connectivity index (χ2v) is 10.7. The first-order valence-electron chi connectivity index (χ1n) is 11.7. The number of rotatable bonds is 6. The number of aromatic nitrogens is 2. The average Bonchev–Trinajstić information content (AvgIpc) is 3.21. The minimum absolute atomic E-state index is 0.0657. The molecule has 1 aliphatic rings. The first-order valence-corrected chi connectivity index (χ1v) is 12.5. The summed E-state index contributed by atoms with van der Waals surface area (Å²) < 4.78 is 12.6. The maximum atomic E-state index is 13.2. The van der Waals surface area contributed by atoms with Crippen LogP contribution in [0.15, 0.2) is 40.8 Å². The van der Waals surface area contributed by atoms with Crippen LogP contribution in [0.1, 0.15) is 53.4 Å². The molecule has 0 aliphatic heterocycles. The lowest BCUT2D eigenvalue weighted by Crippen LogP contribution is -2.32. The summed E-state index contributed by atoms with van der Waals surface area (Å²) in [5.41, 5.74) is 1.79. The highest BCUT2D eigenvalue weighted by molar-refractivity contribution is 7.17. The van der Waals surface area contributed by atoms with Gasteiger partial charge in [-0.1, -0.05) is 32.9 Å². The minimum Gasteiger partial charge on any atom is -0.494 e. The fraction of sp³-hybridized carbons (Fsp3) is 0.500. The Balaban J connectivity index is 1.48. The van der Waals surface area contributed by atoms with Crippen molar-refractivity contribution >= 4 is 27.5 Å². The normalized spacial score (nSPS) is 18.9. The molecule has 6 nitrogen and oxygen atoms in total. The van der Waals surface area contributed by atoms with Crippen molar-refractivity contribution in [3.8, 4) is 16.9 Å². The fourth-order valence-corrected chi connectivity index (χ4v) is 5.51. The van der Waals surface area contributed by atoms with Crippen LogP contribution < -0.4 is 10.3 Å². The van der Waals surface area contributed by atoms with Crippen molar-refractivity contribution in [2.45, 2.75) is 66.0 Å². The molecular formula is C26H32N2O4S. The van der Waals surface area contributed by atoms with E-state index in [1.165, 1.54) is 22.2 Å². The van der Waals surface area contributed by atoms with Gasteiger partial charge in [-0.3, -0.25) is 14.2 Å². The number of hydrogen-bond donors (Lipinski definition) is 0. The van der Waals surface area contributed by atoms with Crippen LogP contribution in [0.3, 0.4) is 0 Å². The van der Waals surface area contributed by atoms with Gasteiger partial charge in [-0.25, -0.2) is 4.98 Å². The molecule has 1 fully saturated rings. The smallest absolute Gasteiger partial charge is 0.326 e. The molecule has 1 aliphatic carbocycles. The molecule has 0 amide bonds. The molecule has 0 spiro atoms. The molecule has 0 radical (unpaired) electrons. The molecule has 33 heavy (non-hydrogen) atoms. The Morgan fingerprint density at radius 1 is 1.15 bits per heavy atom. The standard InChI is InChI=1S/C26H32N2O4S/c1-5-31-19-10-6-17(7-11-19)21-15-33-24-23(21)25(30)28(16-27-24)14-22(29)32-20-12-8-18(9-13-20)26(2,3)4/h6-7,10-11,15-16,18,20H,5,8-9,12-14H2,1-4H3. The van der Waals surface area contributed by atoms with Crippen LogP contribution in [0.2, 0.25) is 0 Å². The largest absolute Gasteiger partial charge is 0.494 e. The zero-order chi connectivity index (χ0) is 23.6. The Kier molecular flexibility index (Phi) is 6.88. The second kappa shape index (κ2) is 9.67. The van der Waals surface area contributed by atoms with Crippen molar-refractivity contribution in [2.75, 3.05) is 6.61 Å². The van der Waals surface area contributed by atoms with Crippen molar-refractivity contribution in [2.24, 2.45) is 11.3 Å². The molecule has 0 N–H and O–H groups in total. The summed E-state index contributed by atoms with van der Waals surface area (Å²) in [5, 5.41) is 2.47. The topological polar surface area (TPSA) is 70.4 Å². The quantitative estimate of drug-likeness (QED) is 0.436. The Bertz CT molecular complexity index is 1170. The van der Waals surface area contributed by atoms with E-state index >= 15 is 0 Å². The number of fused-ring (bicyclic) bond motifs is 1. The Labute approximate surface area is 198 Å². The molecule has 4 rings (SSSR count). The Morgan fingerprint density at radius 2 is 1.85 bits per heavy atom. The van der Waals surface area contributed by atoms with Crippen molar-refractivity contribution < 1.29 is 14.3 Å². The minimum atomic E-state index is -0.379. The third-order valence-electron chi connectivity index (χ3n) is 6.53. The van der Waals surface area contributed by atoms with Gasteiger partial charge in [0.1, 0.15) is 23.2 Å². The van der Waals surface area contributed by atoms with Crippen molar-refractivity contribution in [1.82, 2.24) is 9.55 Å². The number of esters is 1. The van der Waals surface area contributed by atoms with Gasteiger partial charge in [0, 0.05) is 10.9 Å². The van der Waals surface area contributed by atoms with Crippen LogP contribution in [-0.4, -0.2) is 28.2 Å². The van der Waals surface area contributed by atoms with Gasteiger partial charge in [0.15, 0.2) is 0 Å². The number of hydrogen-bond acceptors (Lipinski definition) is 6. The van der Waals surface area contributed by atoms with Crippen LogP contribution in [0.5, 0.6) is 5.75 Å². The number of nitrogens with zero attached hydrogens (tertiary/aromatic N) is 2. The molecule has 7 heteroatoms. The summed E-state index contributed by atoms with van der Waals surface area (Å²) in [7, 11) is 0. The van der Waals surface area contributed by atoms with Gasteiger partial charge < -0.3 is 9.47 Å². The highest BCUT2D eigenvalue weighted by atomic mass is 32.1. The summed E-state index contributed by atoms with van der Waals surface area (Å²) in [6.07, 6.45) is 5.27. The SMILES string of the molecule is CCOc1ccc(-c2csc3ncn(CC(=O)OC4CCC(C(C)(C)C)CC4)c(=O)c23)cc1. The molecule has 0 bridgehead atoms. The fourth-order valence-electron chi connectivity index (χ4n) is 4.60. The lowest BCUT2D eigenvalue weighted by atomic mass is 9.72. The summed E-state index contributed by atoms with van der Waals surface area (Å²) >= 11 is 1.42. The number of benzene rings is 1. The zero-order valence-corrected chi connectivity index (χ0v) is 20.6. The van der Waals surface area contributed by atoms with E-state index in [9.17, 15) is 9.59 Å².